The van der Waals surface area contributed by atoms with Crippen molar-refractivity contribution < 1.29 is 15.0 Å². The number of aromatic carboxylic acids is 1. The summed E-state index contributed by atoms with van der Waals surface area (Å²) in [6.45, 7) is 3.02. The summed E-state index contributed by atoms with van der Waals surface area (Å²) in [7, 11) is 1.88. The van der Waals surface area contributed by atoms with Crippen molar-refractivity contribution in [2.24, 2.45) is 0 Å². The number of likely N-dealkylation sites (N-methyl/N-ethyl adjacent to an activating group) is 1. The molecule has 31 heavy (non-hydrogen) atoms. The number of piperidine rings is 1. The van der Waals surface area contributed by atoms with Crippen molar-refractivity contribution in [1.82, 2.24) is 4.90 Å². The summed E-state index contributed by atoms with van der Waals surface area (Å²) in [6.07, 6.45) is 2.26. The molecule has 1 aliphatic heterocycles. The molecule has 6 nitrogen and oxygen atoms in total. The first kappa shape index (κ1) is 25.0. The second kappa shape index (κ2) is 10.8. The van der Waals surface area contributed by atoms with Crippen LogP contribution in [0.25, 0.3) is 0 Å². The number of rotatable bonds is 7. The van der Waals surface area contributed by atoms with E-state index in [1.807, 2.05) is 36.2 Å². The monoisotopic (exact) mass is 463 g/mol. The fourth-order valence-corrected chi connectivity index (χ4v) is 4.09. The van der Waals surface area contributed by atoms with Crippen LogP contribution in [0.4, 0.5) is 5.69 Å². The molecule has 2 aromatic rings. The molecular formula is C23H27Cl2N3O3. The third-order valence-electron chi connectivity index (χ3n) is 5.74. The maximum atomic E-state index is 11.1. The van der Waals surface area contributed by atoms with Crippen LogP contribution in [0.3, 0.4) is 0 Å². The molecule has 0 atom stereocenters. The quantitative estimate of drug-likeness (QED) is 0.648. The first-order chi connectivity index (χ1) is 14.3. The van der Waals surface area contributed by atoms with Gasteiger partial charge in [0.1, 0.15) is 0 Å². The number of likely N-dealkylation sites (tertiary alicyclic amines) is 1. The van der Waals surface area contributed by atoms with Gasteiger partial charge in [-0.15, -0.1) is 12.4 Å². The van der Waals surface area contributed by atoms with Crippen molar-refractivity contribution in [3.8, 4) is 6.07 Å². The summed E-state index contributed by atoms with van der Waals surface area (Å²) in [5.41, 5.74) is 1.93. The van der Waals surface area contributed by atoms with Crippen LogP contribution in [-0.2, 0) is 6.42 Å². The molecule has 3 rings (SSSR count). The van der Waals surface area contributed by atoms with Crippen molar-refractivity contribution in [3.63, 3.8) is 0 Å². The van der Waals surface area contributed by atoms with Crippen LogP contribution in [0, 0.1) is 11.3 Å². The largest absolute Gasteiger partial charge is 0.478 e. The predicted molar refractivity (Wildman–Crippen MR) is 124 cm³/mol. The molecule has 2 aromatic carbocycles. The normalized spacial score (nSPS) is 15.5. The van der Waals surface area contributed by atoms with Gasteiger partial charge in [-0.2, -0.15) is 5.26 Å². The average Bonchev–Trinajstić information content (AvgIpc) is 2.73. The summed E-state index contributed by atoms with van der Waals surface area (Å²) in [5.74, 6) is -1.05. The van der Waals surface area contributed by atoms with Crippen molar-refractivity contribution in [2.45, 2.75) is 24.9 Å². The Kier molecular flexibility index (Phi) is 8.72. The molecule has 8 heteroatoms. The number of nitriles is 1. The lowest BCUT2D eigenvalue weighted by Gasteiger charge is -2.40. The molecule has 0 unspecified atom stereocenters. The Bertz CT molecular complexity index is 936. The van der Waals surface area contributed by atoms with E-state index in [4.69, 9.17) is 22.0 Å². The molecule has 0 radical (unpaired) electrons. The van der Waals surface area contributed by atoms with E-state index in [-0.39, 0.29) is 23.0 Å². The first-order valence-corrected chi connectivity index (χ1v) is 10.4. The van der Waals surface area contributed by atoms with E-state index in [1.54, 1.807) is 12.1 Å². The fraction of sp³-hybridized carbons (Fsp3) is 0.391. The Balaban J connectivity index is 0.00000341. The van der Waals surface area contributed by atoms with Crippen LogP contribution in [0.15, 0.2) is 42.5 Å². The highest BCUT2D eigenvalue weighted by atomic mass is 35.5. The highest BCUT2D eigenvalue weighted by Gasteiger charge is 2.33. The van der Waals surface area contributed by atoms with Gasteiger partial charge in [0.25, 0.3) is 0 Å². The van der Waals surface area contributed by atoms with Crippen LogP contribution in [-0.4, -0.2) is 59.9 Å². The molecule has 1 aliphatic rings. The van der Waals surface area contributed by atoms with Gasteiger partial charge in [-0.05, 0) is 55.2 Å². The van der Waals surface area contributed by atoms with E-state index < -0.39 is 11.6 Å². The van der Waals surface area contributed by atoms with Crippen molar-refractivity contribution >= 4 is 35.7 Å². The SMILES string of the molecule is CN(CC1(O)CCN(CCc2ccc(C#N)cc2)CC1)c1ccc(C(=O)O)c(Cl)c1.Cl. The van der Waals surface area contributed by atoms with E-state index in [1.165, 1.54) is 11.6 Å². The number of nitrogens with zero attached hydrogens (tertiary/aromatic N) is 3. The minimum Gasteiger partial charge on any atom is -0.478 e. The molecule has 0 amide bonds. The number of aliphatic hydroxyl groups is 1. The molecule has 0 spiro atoms. The lowest BCUT2D eigenvalue weighted by molar-refractivity contribution is -0.0137. The van der Waals surface area contributed by atoms with Crippen molar-refractivity contribution in [2.75, 3.05) is 38.1 Å². The molecule has 1 heterocycles. The molecule has 0 bridgehead atoms. The minimum absolute atomic E-state index is 0. The van der Waals surface area contributed by atoms with E-state index in [0.29, 0.717) is 24.9 Å². The second-order valence-electron chi connectivity index (χ2n) is 7.95. The third-order valence-corrected chi connectivity index (χ3v) is 6.05. The molecule has 0 aromatic heterocycles. The van der Waals surface area contributed by atoms with Gasteiger partial charge >= 0.3 is 5.97 Å². The molecular weight excluding hydrogens is 437 g/mol. The molecule has 0 aliphatic carbocycles. The zero-order chi connectivity index (χ0) is 21.7. The standard InChI is InChI=1S/C23H26ClN3O3.ClH/c1-26(19-6-7-20(22(28)29)21(24)14-19)16-23(30)9-12-27(13-10-23)11-8-17-2-4-18(15-25)5-3-17;/h2-7,14,30H,8-13,16H2,1H3,(H,28,29);1H. The Hall–Kier alpha value is -2.30. The first-order valence-electron chi connectivity index (χ1n) is 9.97. The second-order valence-corrected chi connectivity index (χ2v) is 8.36. The average molecular weight is 464 g/mol. The van der Waals surface area contributed by atoms with E-state index in [2.05, 4.69) is 11.0 Å². The van der Waals surface area contributed by atoms with Gasteiger partial charge in [0.15, 0.2) is 0 Å². The topological polar surface area (TPSA) is 87.8 Å². The van der Waals surface area contributed by atoms with Gasteiger partial charge < -0.3 is 20.0 Å². The van der Waals surface area contributed by atoms with E-state index in [9.17, 15) is 9.90 Å². The van der Waals surface area contributed by atoms with E-state index >= 15 is 0 Å². The zero-order valence-electron chi connectivity index (χ0n) is 17.4. The Morgan fingerprint density at radius 2 is 1.87 bits per heavy atom. The summed E-state index contributed by atoms with van der Waals surface area (Å²) in [5, 5.41) is 29.2. The van der Waals surface area contributed by atoms with Gasteiger partial charge in [-0.1, -0.05) is 23.7 Å². The number of hydrogen-bond donors (Lipinski definition) is 2. The maximum absolute atomic E-state index is 11.1. The number of benzene rings is 2. The molecule has 2 N–H and O–H groups in total. The van der Waals surface area contributed by atoms with E-state index in [0.717, 1.165) is 31.7 Å². The fourth-order valence-electron chi connectivity index (χ4n) is 3.83. The van der Waals surface area contributed by atoms with Crippen molar-refractivity contribution in [1.29, 1.82) is 5.26 Å². The van der Waals surface area contributed by atoms with Crippen LogP contribution in [0.5, 0.6) is 0 Å². The van der Waals surface area contributed by atoms with Crippen LogP contribution >= 0.6 is 24.0 Å². The number of carboxylic acid groups (broad SMARTS) is 1. The lowest BCUT2D eigenvalue weighted by Crippen LogP contribution is -2.50. The summed E-state index contributed by atoms with van der Waals surface area (Å²) < 4.78 is 0. The summed E-state index contributed by atoms with van der Waals surface area (Å²) >= 11 is 6.07. The Morgan fingerprint density at radius 3 is 2.42 bits per heavy atom. The number of carbonyl (C=O) groups is 1. The minimum atomic E-state index is -1.05. The van der Waals surface area contributed by atoms with Gasteiger partial charge in [0.2, 0.25) is 0 Å². The number of hydrogen-bond acceptors (Lipinski definition) is 5. The molecule has 1 fully saturated rings. The van der Waals surface area contributed by atoms with Crippen molar-refractivity contribution in [3.05, 3.63) is 64.2 Å². The highest BCUT2D eigenvalue weighted by Crippen LogP contribution is 2.28. The third kappa shape index (κ3) is 6.59. The van der Waals surface area contributed by atoms with Gasteiger partial charge in [-0.25, -0.2) is 4.79 Å². The van der Waals surface area contributed by atoms with Gasteiger partial charge in [0, 0.05) is 38.9 Å². The predicted octanol–water partition coefficient (Wildman–Crippen LogP) is 3.84. The highest BCUT2D eigenvalue weighted by molar-refractivity contribution is 6.33. The lowest BCUT2D eigenvalue weighted by atomic mass is 9.90. The Labute approximate surface area is 194 Å². The zero-order valence-corrected chi connectivity index (χ0v) is 19.0. The summed E-state index contributed by atoms with van der Waals surface area (Å²) in [6, 6.07) is 14.6. The van der Waals surface area contributed by atoms with Gasteiger partial charge in [0.05, 0.1) is 27.8 Å². The number of halogens is 2. The van der Waals surface area contributed by atoms with Crippen LogP contribution in [0.2, 0.25) is 5.02 Å². The molecule has 166 valence electrons. The number of carboxylic acids is 1. The number of anilines is 1. The molecule has 0 saturated carbocycles. The van der Waals surface area contributed by atoms with Crippen LogP contribution < -0.4 is 4.90 Å². The van der Waals surface area contributed by atoms with Gasteiger partial charge in [-0.3, -0.25) is 0 Å². The van der Waals surface area contributed by atoms with Crippen LogP contribution in [0.1, 0.15) is 34.3 Å². The molecule has 1 saturated heterocycles. The summed E-state index contributed by atoms with van der Waals surface area (Å²) in [4.78, 5) is 15.4. The maximum Gasteiger partial charge on any atom is 0.337 e. The Morgan fingerprint density at radius 1 is 1.23 bits per heavy atom. The smallest absolute Gasteiger partial charge is 0.337 e.